The third kappa shape index (κ3) is 2.94. The van der Waals surface area contributed by atoms with Gasteiger partial charge in [0.1, 0.15) is 0 Å². The van der Waals surface area contributed by atoms with E-state index in [9.17, 15) is 0 Å². The Balaban J connectivity index is 2.79. The molecule has 0 spiro atoms. The van der Waals surface area contributed by atoms with Crippen molar-refractivity contribution in [1.29, 1.82) is 0 Å². The lowest BCUT2D eigenvalue weighted by molar-refractivity contribution is 0.268. The second kappa shape index (κ2) is 5.73. The van der Waals surface area contributed by atoms with Gasteiger partial charge in [0.15, 0.2) is 0 Å². The van der Waals surface area contributed by atoms with E-state index in [0.717, 1.165) is 18.7 Å². The highest BCUT2D eigenvalue weighted by atomic mass is 16.3. The van der Waals surface area contributed by atoms with Gasteiger partial charge in [0.2, 0.25) is 0 Å². The monoisotopic (exact) mass is 208 g/mol. The predicted octanol–water partition coefficient (Wildman–Crippen LogP) is 1.52. The molecule has 1 aromatic carbocycles. The summed E-state index contributed by atoms with van der Waals surface area (Å²) in [5.74, 6) is 0. The number of anilines is 1. The van der Waals surface area contributed by atoms with Crippen LogP contribution in [0, 0.1) is 0 Å². The lowest BCUT2D eigenvalue weighted by atomic mass is 10.1. The molecule has 0 aliphatic carbocycles. The lowest BCUT2D eigenvalue weighted by Gasteiger charge is -2.21. The van der Waals surface area contributed by atoms with Crippen molar-refractivity contribution in [2.45, 2.75) is 19.9 Å². The minimum atomic E-state index is -0.268. The summed E-state index contributed by atoms with van der Waals surface area (Å²) in [6, 6.07) is 7.80. The predicted molar refractivity (Wildman–Crippen MR) is 64.0 cm³/mol. The normalized spacial score (nSPS) is 12.5. The maximum absolute atomic E-state index is 8.92. The van der Waals surface area contributed by atoms with E-state index in [0.29, 0.717) is 0 Å². The molecule has 1 unspecified atom stereocenters. The molecule has 0 aliphatic rings. The van der Waals surface area contributed by atoms with Crippen molar-refractivity contribution in [3.05, 3.63) is 29.8 Å². The lowest BCUT2D eigenvalue weighted by Crippen LogP contribution is -2.22. The van der Waals surface area contributed by atoms with Crippen LogP contribution in [0.15, 0.2) is 24.3 Å². The summed E-state index contributed by atoms with van der Waals surface area (Å²) < 4.78 is 0. The molecular weight excluding hydrogens is 188 g/mol. The van der Waals surface area contributed by atoms with Gasteiger partial charge in [0, 0.05) is 18.8 Å². The van der Waals surface area contributed by atoms with Gasteiger partial charge in [-0.1, -0.05) is 12.1 Å². The van der Waals surface area contributed by atoms with E-state index in [2.05, 4.69) is 30.9 Å². The highest BCUT2D eigenvalue weighted by Gasteiger charge is 2.05. The number of nitrogens with zero attached hydrogens (tertiary/aromatic N) is 1. The van der Waals surface area contributed by atoms with Gasteiger partial charge in [-0.3, -0.25) is 0 Å². The Bertz CT molecular complexity index is 280. The topological polar surface area (TPSA) is 49.5 Å². The van der Waals surface area contributed by atoms with Crippen LogP contribution in [0.5, 0.6) is 0 Å². The quantitative estimate of drug-likeness (QED) is 0.771. The van der Waals surface area contributed by atoms with Crippen molar-refractivity contribution >= 4 is 5.69 Å². The number of nitrogens with two attached hydrogens (primary N) is 1. The highest BCUT2D eigenvalue weighted by Crippen LogP contribution is 2.17. The SMILES string of the molecule is CCN(CC)c1ccc(C(N)CO)cc1. The van der Waals surface area contributed by atoms with Gasteiger partial charge in [0.05, 0.1) is 12.6 Å². The average molecular weight is 208 g/mol. The van der Waals surface area contributed by atoms with Crippen LogP contribution in [-0.4, -0.2) is 24.8 Å². The zero-order chi connectivity index (χ0) is 11.3. The summed E-state index contributed by atoms with van der Waals surface area (Å²) in [5.41, 5.74) is 7.90. The first-order chi connectivity index (χ1) is 7.22. The van der Waals surface area contributed by atoms with E-state index >= 15 is 0 Å². The zero-order valence-electron chi connectivity index (χ0n) is 9.48. The molecule has 1 atom stereocenters. The van der Waals surface area contributed by atoms with E-state index in [1.807, 2.05) is 12.1 Å². The molecular formula is C12H20N2O. The molecule has 15 heavy (non-hydrogen) atoms. The highest BCUT2D eigenvalue weighted by molar-refractivity contribution is 5.47. The van der Waals surface area contributed by atoms with Crippen LogP contribution >= 0.6 is 0 Å². The first-order valence-electron chi connectivity index (χ1n) is 5.44. The molecule has 0 amide bonds. The van der Waals surface area contributed by atoms with E-state index in [1.54, 1.807) is 0 Å². The van der Waals surface area contributed by atoms with Crippen molar-refractivity contribution < 1.29 is 5.11 Å². The van der Waals surface area contributed by atoms with Gasteiger partial charge in [0.25, 0.3) is 0 Å². The van der Waals surface area contributed by atoms with Crippen molar-refractivity contribution in [2.75, 3.05) is 24.6 Å². The first kappa shape index (κ1) is 12.0. The third-order valence-corrected chi connectivity index (χ3v) is 2.65. The Morgan fingerprint density at radius 3 is 2.13 bits per heavy atom. The van der Waals surface area contributed by atoms with Crippen molar-refractivity contribution in [3.63, 3.8) is 0 Å². The fraction of sp³-hybridized carbons (Fsp3) is 0.500. The number of benzene rings is 1. The molecule has 0 aliphatic heterocycles. The first-order valence-corrected chi connectivity index (χ1v) is 5.44. The fourth-order valence-corrected chi connectivity index (χ4v) is 1.63. The summed E-state index contributed by atoms with van der Waals surface area (Å²) >= 11 is 0. The van der Waals surface area contributed by atoms with Crippen LogP contribution in [0.2, 0.25) is 0 Å². The number of rotatable bonds is 5. The smallest absolute Gasteiger partial charge is 0.0624 e. The number of hydrogen-bond acceptors (Lipinski definition) is 3. The number of aliphatic hydroxyl groups excluding tert-OH is 1. The second-order valence-corrected chi connectivity index (χ2v) is 3.55. The van der Waals surface area contributed by atoms with Crippen LogP contribution in [0.3, 0.4) is 0 Å². The molecule has 3 heteroatoms. The van der Waals surface area contributed by atoms with Gasteiger partial charge in [-0.05, 0) is 31.5 Å². The molecule has 0 radical (unpaired) electrons. The zero-order valence-corrected chi connectivity index (χ0v) is 9.48. The Labute approximate surface area is 91.5 Å². The molecule has 0 heterocycles. The molecule has 84 valence electrons. The Kier molecular flexibility index (Phi) is 4.59. The van der Waals surface area contributed by atoms with Crippen molar-refractivity contribution in [3.8, 4) is 0 Å². The molecule has 0 fully saturated rings. The van der Waals surface area contributed by atoms with Crippen LogP contribution in [0.25, 0.3) is 0 Å². The third-order valence-electron chi connectivity index (χ3n) is 2.65. The molecule has 0 bridgehead atoms. The molecule has 3 N–H and O–H groups in total. The minimum absolute atomic E-state index is 0.00931. The largest absolute Gasteiger partial charge is 0.394 e. The van der Waals surface area contributed by atoms with Gasteiger partial charge in [-0.2, -0.15) is 0 Å². The van der Waals surface area contributed by atoms with Crippen LogP contribution in [0.1, 0.15) is 25.5 Å². The van der Waals surface area contributed by atoms with Crippen molar-refractivity contribution in [2.24, 2.45) is 5.73 Å². The van der Waals surface area contributed by atoms with Gasteiger partial charge in [-0.15, -0.1) is 0 Å². The van der Waals surface area contributed by atoms with Crippen LogP contribution in [-0.2, 0) is 0 Å². The Morgan fingerprint density at radius 2 is 1.73 bits per heavy atom. The molecule has 0 saturated carbocycles. The van der Waals surface area contributed by atoms with Crippen molar-refractivity contribution in [1.82, 2.24) is 0 Å². The van der Waals surface area contributed by atoms with E-state index in [-0.39, 0.29) is 12.6 Å². The van der Waals surface area contributed by atoms with E-state index in [1.165, 1.54) is 5.69 Å². The summed E-state index contributed by atoms with van der Waals surface area (Å²) in [6.07, 6.45) is 0. The number of hydrogen-bond donors (Lipinski definition) is 2. The number of aliphatic hydroxyl groups is 1. The molecule has 1 aromatic rings. The van der Waals surface area contributed by atoms with Crippen LogP contribution < -0.4 is 10.6 Å². The minimum Gasteiger partial charge on any atom is -0.394 e. The summed E-state index contributed by atoms with van der Waals surface area (Å²) in [4.78, 5) is 2.27. The summed E-state index contributed by atoms with van der Waals surface area (Å²) in [5, 5.41) is 8.92. The maximum Gasteiger partial charge on any atom is 0.0624 e. The summed E-state index contributed by atoms with van der Waals surface area (Å²) in [7, 11) is 0. The van der Waals surface area contributed by atoms with Gasteiger partial charge in [-0.25, -0.2) is 0 Å². The second-order valence-electron chi connectivity index (χ2n) is 3.55. The molecule has 0 aromatic heterocycles. The maximum atomic E-state index is 8.92. The molecule has 1 rings (SSSR count). The van der Waals surface area contributed by atoms with Crippen LogP contribution in [0.4, 0.5) is 5.69 Å². The molecule has 0 saturated heterocycles. The van der Waals surface area contributed by atoms with Gasteiger partial charge >= 0.3 is 0 Å². The van der Waals surface area contributed by atoms with E-state index in [4.69, 9.17) is 10.8 Å². The Morgan fingerprint density at radius 1 is 1.20 bits per heavy atom. The molecule has 3 nitrogen and oxygen atoms in total. The average Bonchev–Trinajstić information content (AvgIpc) is 2.30. The van der Waals surface area contributed by atoms with Gasteiger partial charge < -0.3 is 15.7 Å². The summed E-state index contributed by atoms with van der Waals surface area (Å²) in [6.45, 7) is 6.27. The fourth-order valence-electron chi connectivity index (χ4n) is 1.63. The Hall–Kier alpha value is -1.06. The van der Waals surface area contributed by atoms with E-state index < -0.39 is 0 Å². The standard InChI is InChI=1S/C12H20N2O/c1-3-14(4-2)11-7-5-10(6-8-11)12(13)9-15/h5-8,12,15H,3-4,9,13H2,1-2H3.